The molecule has 1 aromatic rings. The van der Waals surface area contributed by atoms with E-state index in [1.54, 1.807) is 11.9 Å². The van der Waals surface area contributed by atoms with Gasteiger partial charge in [-0.3, -0.25) is 9.59 Å². The monoisotopic (exact) mass is 277 g/mol. The van der Waals surface area contributed by atoms with Crippen LogP contribution >= 0.6 is 0 Å². The van der Waals surface area contributed by atoms with Gasteiger partial charge in [0.2, 0.25) is 5.91 Å². The Kier molecular flexibility index (Phi) is 4.49. The van der Waals surface area contributed by atoms with E-state index in [1.807, 2.05) is 6.92 Å². The molecule has 1 unspecified atom stereocenters. The van der Waals surface area contributed by atoms with Gasteiger partial charge in [0.05, 0.1) is 12.4 Å². The lowest BCUT2D eigenvalue weighted by molar-refractivity contribution is -0.132. The van der Waals surface area contributed by atoms with Gasteiger partial charge in [0.25, 0.3) is 5.91 Å². The van der Waals surface area contributed by atoms with Crippen LogP contribution in [0.1, 0.15) is 30.3 Å². The molecule has 1 fully saturated rings. The Morgan fingerprint density at radius 3 is 2.85 bits per heavy atom. The molecule has 20 heavy (non-hydrogen) atoms. The van der Waals surface area contributed by atoms with E-state index in [9.17, 15) is 9.59 Å². The van der Waals surface area contributed by atoms with Crippen LogP contribution in [0, 0.1) is 0 Å². The third-order valence-corrected chi connectivity index (χ3v) is 3.20. The Morgan fingerprint density at radius 1 is 1.45 bits per heavy atom. The Bertz CT molecular complexity index is 488. The van der Waals surface area contributed by atoms with Crippen molar-refractivity contribution in [2.75, 3.05) is 25.5 Å². The number of amides is 2. The van der Waals surface area contributed by atoms with Crippen LogP contribution in [-0.2, 0) is 4.79 Å². The molecule has 0 spiro atoms. The van der Waals surface area contributed by atoms with Gasteiger partial charge in [0, 0.05) is 32.6 Å². The number of likely N-dealkylation sites (N-methyl/N-ethyl adjacent to an activating group) is 1. The van der Waals surface area contributed by atoms with Crippen LogP contribution in [-0.4, -0.2) is 52.9 Å². The van der Waals surface area contributed by atoms with Crippen LogP contribution in [0.5, 0.6) is 0 Å². The minimum absolute atomic E-state index is 0.0274. The van der Waals surface area contributed by atoms with Crippen LogP contribution < -0.4 is 10.6 Å². The number of hydrogen-bond donors (Lipinski definition) is 2. The first-order chi connectivity index (χ1) is 9.60. The summed E-state index contributed by atoms with van der Waals surface area (Å²) in [5.74, 6) is 0.505. The third kappa shape index (κ3) is 3.43. The second-order valence-electron chi connectivity index (χ2n) is 4.80. The third-order valence-electron chi connectivity index (χ3n) is 3.20. The molecule has 2 rings (SSSR count). The van der Waals surface area contributed by atoms with E-state index >= 15 is 0 Å². The molecular weight excluding hydrogens is 258 g/mol. The zero-order valence-electron chi connectivity index (χ0n) is 11.7. The lowest BCUT2D eigenvalue weighted by Crippen LogP contribution is -2.48. The van der Waals surface area contributed by atoms with Crippen molar-refractivity contribution >= 4 is 17.6 Å². The Labute approximate surface area is 117 Å². The smallest absolute Gasteiger partial charge is 0.271 e. The molecule has 1 aromatic heterocycles. The molecule has 2 N–H and O–H groups in total. The molecule has 7 heteroatoms. The number of likely N-dealkylation sites (tertiary alicyclic amines) is 1. The summed E-state index contributed by atoms with van der Waals surface area (Å²) in [6, 6.07) is -0.0274. The van der Waals surface area contributed by atoms with Gasteiger partial charge in [-0.05, 0) is 13.3 Å². The van der Waals surface area contributed by atoms with Crippen molar-refractivity contribution in [3.05, 3.63) is 18.1 Å². The van der Waals surface area contributed by atoms with Crippen molar-refractivity contribution in [3.63, 3.8) is 0 Å². The average Bonchev–Trinajstić information content (AvgIpc) is 2.44. The zero-order chi connectivity index (χ0) is 14.5. The largest absolute Gasteiger partial charge is 0.369 e. The molecule has 0 bridgehead atoms. The van der Waals surface area contributed by atoms with Gasteiger partial charge < -0.3 is 15.5 Å². The van der Waals surface area contributed by atoms with Gasteiger partial charge in [0.15, 0.2) is 0 Å². The summed E-state index contributed by atoms with van der Waals surface area (Å²) < 4.78 is 0. The van der Waals surface area contributed by atoms with Gasteiger partial charge in [-0.2, -0.15) is 0 Å². The first-order valence-electron chi connectivity index (χ1n) is 6.71. The van der Waals surface area contributed by atoms with E-state index in [0.717, 1.165) is 6.54 Å². The summed E-state index contributed by atoms with van der Waals surface area (Å²) in [5.41, 5.74) is 0.284. The van der Waals surface area contributed by atoms with Gasteiger partial charge >= 0.3 is 0 Å². The molecule has 0 aromatic carbocycles. The maximum absolute atomic E-state index is 12.0. The Morgan fingerprint density at radius 2 is 2.25 bits per heavy atom. The normalized spacial score (nSPS) is 18.8. The molecule has 0 saturated carbocycles. The van der Waals surface area contributed by atoms with E-state index in [-0.39, 0.29) is 23.6 Å². The topological polar surface area (TPSA) is 87.2 Å². The van der Waals surface area contributed by atoms with E-state index < -0.39 is 0 Å². The highest BCUT2D eigenvalue weighted by molar-refractivity contribution is 5.92. The highest BCUT2D eigenvalue weighted by Crippen LogP contribution is 2.10. The Balaban J connectivity index is 1.92. The summed E-state index contributed by atoms with van der Waals surface area (Å²) in [6.45, 7) is 3.25. The number of piperidine rings is 1. The summed E-state index contributed by atoms with van der Waals surface area (Å²) in [6.07, 6.45) is 4.12. The van der Waals surface area contributed by atoms with Crippen molar-refractivity contribution in [2.24, 2.45) is 0 Å². The van der Waals surface area contributed by atoms with Crippen LogP contribution in [0.4, 0.5) is 5.82 Å². The number of nitrogens with zero attached hydrogens (tertiary/aromatic N) is 3. The van der Waals surface area contributed by atoms with E-state index in [2.05, 4.69) is 20.6 Å². The molecule has 1 saturated heterocycles. The fraction of sp³-hybridized carbons (Fsp3) is 0.538. The molecule has 0 aliphatic carbocycles. The quantitative estimate of drug-likeness (QED) is 0.824. The van der Waals surface area contributed by atoms with Crippen molar-refractivity contribution in [1.82, 2.24) is 20.2 Å². The number of rotatable bonds is 4. The van der Waals surface area contributed by atoms with Crippen molar-refractivity contribution in [3.8, 4) is 0 Å². The van der Waals surface area contributed by atoms with E-state index in [1.165, 1.54) is 12.4 Å². The number of nitrogens with one attached hydrogen (secondary N) is 2. The number of carbonyl (C=O) groups excluding carboxylic acids is 2. The van der Waals surface area contributed by atoms with Gasteiger partial charge in [-0.25, -0.2) is 9.97 Å². The van der Waals surface area contributed by atoms with E-state index in [4.69, 9.17) is 0 Å². The molecule has 1 aliphatic rings. The molecule has 2 amide bonds. The summed E-state index contributed by atoms with van der Waals surface area (Å²) in [5, 5.41) is 5.90. The average molecular weight is 277 g/mol. The first-order valence-corrected chi connectivity index (χ1v) is 6.71. The molecule has 0 radical (unpaired) electrons. The molecule has 1 aliphatic heterocycles. The second kappa shape index (κ2) is 6.31. The molecule has 2 heterocycles. The summed E-state index contributed by atoms with van der Waals surface area (Å²) in [4.78, 5) is 33.2. The number of aromatic nitrogens is 2. The van der Waals surface area contributed by atoms with Crippen LogP contribution in [0.15, 0.2) is 12.4 Å². The highest BCUT2D eigenvalue weighted by atomic mass is 16.2. The molecule has 1 atom stereocenters. The lowest BCUT2D eigenvalue weighted by Gasteiger charge is -2.29. The summed E-state index contributed by atoms with van der Waals surface area (Å²) >= 11 is 0. The van der Waals surface area contributed by atoms with Crippen LogP contribution in [0.25, 0.3) is 0 Å². The number of carbonyl (C=O) groups is 2. The SMILES string of the molecule is CCNc1cnc(C(=O)NC2CCC(=O)N(C)C2)cn1. The van der Waals surface area contributed by atoms with Crippen LogP contribution in [0.3, 0.4) is 0 Å². The van der Waals surface area contributed by atoms with Gasteiger partial charge in [-0.15, -0.1) is 0 Å². The maximum atomic E-state index is 12.0. The second-order valence-corrected chi connectivity index (χ2v) is 4.80. The predicted molar refractivity (Wildman–Crippen MR) is 74.3 cm³/mol. The standard InChI is InChI=1S/C13H19N5O2/c1-3-14-11-7-15-10(6-16-11)13(20)17-9-4-5-12(19)18(2)8-9/h6-7,9H,3-5,8H2,1-2H3,(H,14,16)(H,17,20). The van der Waals surface area contributed by atoms with Crippen LogP contribution in [0.2, 0.25) is 0 Å². The molecular formula is C13H19N5O2. The lowest BCUT2D eigenvalue weighted by atomic mass is 10.1. The number of hydrogen-bond acceptors (Lipinski definition) is 5. The maximum Gasteiger partial charge on any atom is 0.271 e. The zero-order valence-corrected chi connectivity index (χ0v) is 11.7. The van der Waals surface area contributed by atoms with Crippen molar-refractivity contribution in [1.29, 1.82) is 0 Å². The highest BCUT2D eigenvalue weighted by Gasteiger charge is 2.24. The van der Waals surface area contributed by atoms with E-state index in [0.29, 0.717) is 25.2 Å². The fourth-order valence-corrected chi connectivity index (χ4v) is 2.11. The molecule has 108 valence electrons. The Hall–Kier alpha value is -2.18. The minimum atomic E-state index is -0.256. The van der Waals surface area contributed by atoms with Crippen molar-refractivity contribution < 1.29 is 9.59 Å². The fourth-order valence-electron chi connectivity index (χ4n) is 2.11. The minimum Gasteiger partial charge on any atom is -0.369 e. The van der Waals surface area contributed by atoms with Gasteiger partial charge in [-0.1, -0.05) is 0 Å². The van der Waals surface area contributed by atoms with Crippen molar-refractivity contribution in [2.45, 2.75) is 25.8 Å². The predicted octanol–water partition coefficient (Wildman–Crippen LogP) is 0.259. The first kappa shape index (κ1) is 14.2. The number of anilines is 1. The molecule has 7 nitrogen and oxygen atoms in total. The van der Waals surface area contributed by atoms with Gasteiger partial charge in [0.1, 0.15) is 11.5 Å². The summed E-state index contributed by atoms with van der Waals surface area (Å²) in [7, 11) is 1.74.